The minimum absolute atomic E-state index is 0.0680. The van der Waals surface area contributed by atoms with E-state index in [2.05, 4.69) is 28.9 Å². The van der Waals surface area contributed by atoms with Crippen LogP contribution in [0.15, 0.2) is 24.3 Å². The molecule has 1 aliphatic rings. The molecule has 1 saturated heterocycles. The van der Waals surface area contributed by atoms with Crippen LogP contribution in [-0.2, 0) is 0 Å². The number of benzene rings is 1. The van der Waals surface area contributed by atoms with Crippen molar-refractivity contribution in [3.8, 4) is 0 Å². The Bertz CT molecular complexity index is 431. The molecule has 20 heavy (non-hydrogen) atoms. The summed E-state index contributed by atoms with van der Waals surface area (Å²) in [7, 11) is 0. The van der Waals surface area contributed by atoms with Crippen LogP contribution in [-0.4, -0.2) is 43.4 Å². The van der Waals surface area contributed by atoms with Gasteiger partial charge in [-0.1, -0.05) is 20.8 Å². The molecule has 3 heteroatoms. The first kappa shape index (κ1) is 15.0. The van der Waals surface area contributed by atoms with E-state index in [1.54, 1.807) is 0 Å². The molecule has 110 valence electrons. The lowest BCUT2D eigenvalue weighted by atomic mass is 10.0. The third-order valence-corrected chi connectivity index (χ3v) is 3.95. The molecule has 2 rings (SSSR count). The second-order valence-corrected chi connectivity index (χ2v) is 5.89. The minimum atomic E-state index is 0.0680. The van der Waals surface area contributed by atoms with Crippen LogP contribution in [0.5, 0.6) is 0 Å². The maximum atomic E-state index is 11.9. The van der Waals surface area contributed by atoms with Gasteiger partial charge in [0.05, 0.1) is 0 Å². The van der Waals surface area contributed by atoms with E-state index in [9.17, 15) is 4.79 Å². The highest BCUT2D eigenvalue weighted by molar-refractivity contribution is 5.97. The molecule has 1 aromatic carbocycles. The number of Topliss-reactive ketones (excluding diaryl/α,β-unsaturated/α-hetero) is 1. The van der Waals surface area contributed by atoms with Crippen molar-refractivity contribution in [1.29, 1.82) is 0 Å². The average molecular weight is 274 g/mol. The number of piperazine rings is 1. The second kappa shape index (κ2) is 6.89. The van der Waals surface area contributed by atoms with E-state index in [1.807, 2.05) is 26.0 Å². The van der Waals surface area contributed by atoms with Crippen LogP contribution in [0.25, 0.3) is 0 Å². The Morgan fingerprint density at radius 2 is 1.70 bits per heavy atom. The summed E-state index contributed by atoms with van der Waals surface area (Å²) in [6, 6.07) is 8.11. The Balaban J connectivity index is 1.96. The van der Waals surface area contributed by atoms with Gasteiger partial charge in [-0.2, -0.15) is 0 Å². The zero-order valence-electron chi connectivity index (χ0n) is 12.9. The Morgan fingerprint density at radius 1 is 1.10 bits per heavy atom. The van der Waals surface area contributed by atoms with Crippen molar-refractivity contribution < 1.29 is 4.79 Å². The zero-order valence-corrected chi connectivity index (χ0v) is 12.9. The fraction of sp³-hybridized carbons (Fsp3) is 0.588. The SMILES string of the molecule is CCCN1CCN(c2ccc(C(=O)C(C)C)cc2)CC1. The number of hydrogen-bond acceptors (Lipinski definition) is 3. The van der Waals surface area contributed by atoms with E-state index in [0.717, 1.165) is 31.7 Å². The first-order valence-corrected chi connectivity index (χ1v) is 7.73. The molecule has 1 aliphatic heterocycles. The molecule has 0 atom stereocenters. The lowest BCUT2D eigenvalue weighted by molar-refractivity contribution is 0.0939. The average Bonchev–Trinajstić information content (AvgIpc) is 2.48. The molecule has 0 N–H and O–H groups in total. The number of nitrogens with zero attached hydrogens (tertiary/aromatic N) is 2. The highest BCUT2D eigenvalue weighted by atomic mass is 16.1. The van der Waals surface area contributed by atoms with Crippen molar-refractivity contribution in [2.24, 2.45) is 5.92 Å². The molecule has 0 amide bonds. The molecule has 0 spiro atoms. The smallest absolute Gasteiger partial charge is 0.165 e. The topological polar surface area (TPSA) is 23.6 Å². The monoisotopic (exact) mass is 274 g/mol. The van der Waals surface area contributed by atoms with E-state index < -0.39 is 0 Å². The highest BCUT2D eigenvalue weighted by Gasteiger charge is 2.17. The molecule has 1 aromatic rings. The van der Waals surface area contributed by atoms with Crippen molar-refractivity contribution >= 4 is 11.5 Å². The predicted molar refractivity (Wildman–Crippen MR) is 84.6 cm³/mol. The Morgan fingerprint density at radius 3 is 2.20 bits per heavy atom. The third kappa shape index (κ3) is 3.60. The fourth-order valence-corrected chi connectivity index (χ4v) is 2.72. The minimum Gasteiger partial charge on any atom is -0.369 e. The van der Waals surface area contributed by atoms with Crippen molar-refractivity contribution in [1.82, 2.24) is 4.90 Å². The van der Waals surface area contributed by atoms with Crippen LogP contribution in [0.2, 0.25) is 0 Å². The van der Waals surface area contributed by atoms with E-state index in [-0.39, 0.29) is 11.7 Å². The predicted octanol–water partition coefficient (Wildman–Crippen LogP) is 3.06. The summed E-state index contributed by atoms with van der Waals surface area (Å²) in [6.07, 6.45) is 1.23. The van der Waals surface area contributed by atoms with Gasteiger partial charge in [0.25, 0.3) is 0 Å². The van der Waals surface area contributed by atoms with Crippen LogP contribution in [0, 0.1) is 5.92 Å². The first-order valence-electron chi connectivity index (χ1n) is 7.73. The van der Waals surface area contributed by atoms with Crippen molar-refractivity contribution in [3.05, 3.63) is 29.8 Å². The van der Waals surface area contributed by atoms with Gasteiger partial charge in [0, 0.05) is 43.3 Å². The molecular weight excluding hydrogens is 248 g/mol. The quantitative estimate of drug-likeness (QED) is 0.771. The highest BCUT2D eigenvalue weighted by Crippen LogP contribution is 2.19. The molecule has 1 fully saturated rings. The molecule has 0 unspecified atom stereocenters. The molecule has 0 aromatic heterocycles. The van der Waals surface area contributed by atoms with Crippen molar-refractivity contribution in [3.63, 3.8) is 0 Å². The molecule has 1 heterocycles. The fourth-order valence-electron chi connectivity index (χ4n) is 2.72. The summed E-state index contributed by atoms with van der Waals surface area (Å²) in [5.74, 6) is 0.294. The Kier molecular flexibility index (Phi) is 5.18. The normalized spacial score (nSPS) is 16.7. The van der Waals surface area contributed by atoms with Gasteiger partial charge >= 0.3 is 0 Å². The maximum absolute atomic E-state index is 11.9. The van der Waals surface area contributed by atoms with Gasteiger partial charge in [-0.05, 0) is 37.2 Å². The second-order valence-electron chi connectivity index (χ2n) is 5.89. The van der Waals surface area contributed by atoms with E-state index in [1.165, 1.54) is 18.7 Å². The first-order chi connectivity index (χ1) is 9.61. The molecular formula is C17H26N2O. The lowest BCUT2D eigenvalue weighted by Gasteiger charge is -2.36. The summed E-state index contributed by atoms with van der Waals surface area (Å²) in [5, 5.41) is 0. The third-order valence-electron chi connectivity index (χ3n) is 3.95. The maximum Gasteiger partial charge on any atom is 0.165 e. The Labute approximate surface area is 122 Å². The number of ketones is 1. The summed E-state index contributed by atoms with van der Waals surface area (Å²) in [5.41, 5.74) is 2.06. The molecule has 0 bridgehead atoms. The number of rotatable bonds is 5. The summed E-state index contributed by atoms with van der Waals surface area (Å²) in [4.78, 5) is 16.9. The van der Waals surface area contributed by atoms with Gasteiger partial charge in [0.15, 0.2) is 5.78 Å². The molecule has 0 saturated carbocycles. The number of anilines is 1. The lowest BCUT2D eigenvalue weighted by Crippen LogP contribution is -2.46. The van der Waals surface area contributed by atoms with Gasteiger partial charge in [0.1, 0.15) is 0 Å². The van der Waals surface area contributed by atoms with Gasteiger partial charge in [0.2, 0.25) is 0 Å². The summed E-state index contributed by atoms with van der Waals surface area (Å²) < 4.78 is 0. The molecule has 3 nitrogen and oxygen atoms in total. The number of carbonyl (C=O) groups excluding carboxylic acids is 1. The van der Waals surface area contributed by atoms with Crippen molar-refractivity contribution in [2.45, 2.75) is 27.2 Å². The van der Waals surface area contributed by atoms with E-state index in [4.69, 9.17) is 0 Å². The van der Waals surface area contributed by atoms with Crippen LogP contribution >= 0.6 is 0 Å². The van der Waals surface area contributed by atoms with Gasteiger partial charge in [-0.25, -0.2) is 0 Å². The number of carbonyl (C=O) groups is 1. The summed E-state index contributed by atoms with van der Waals surface area (Å²) >= 11 is 0. The number of hydrogen-bond donors (Lipinski definition) is 0. The largest absolute Gasteiger partial charge is 0.369 e. The standard InChI is InChI=1S/C17H26N2O/c1-4-9-18-10-12-19(13-11-18)16-7-5-15(6-8-16)17(20)14(2)3/h5-8,14H,4,9-13H2,1-3H3. The van der Waals surface area contributed by atoms with Crippen molar-refractivity contribution in [2.75, 3.05) is 37.6 Å². The van der Waals surface area contributed by atoms with Crippen LogP contribution < -0.4 is 4.90 Å². The van der Waals surface area contributed by atoms with Crippen LogP contribution in [0.3, 0.4) is 0 Å². The van der Waals surface area contributed by atoms with Gasteiger partial charge in [-0.15, -0.1) is 0 Å². The molecule has 0 radical (unpaired) electrons. The van der Waals surface area contributed by atoms with Crippen LogP contribution in [0.1, 0.15) is 37.6 Å². The van der Waals surface area contributed by atoms with Crippen LogP contribution in [0.4, 0.5) is 5.69 Å². The van der Waals surface area contributed by atoms with Gasteiger partial charge < -0.3 is 4.90 Å². The van der Waals surface area contributed by atoms with E-state index >= 15 is 0 Å². The Hall–Kier alpha value is -1.35. The van der Waals surface area contributed by atoms with Gasteiger partial charge in [-0.3, -0.25) is 9.69 Å². The summed E-state index contributed by atoms with van der Waals surface area (Å²) in [6.45, 7) is 11.8. The molecule has 0 aliphatic carbocycles. The zero-order chi connectivity index (χ0) is 14.5. The van der Waals surface area contributed by atoms with E-state index in [0.29, 0.717) is 0 Å².